The van der Waals surface area contributed by atoms with E-state index in [9.17, 15) is 4.79 Å². The number of methoxy groups -OCH3 is 1. The predicted molar refractivity (Wildman–Crippen MR) is 82.7 cm³/mol. The molecule has 1 saturated heterocycles. The topological polar surface area (TPSA) is 32.8 Å². The summed E-state index contributed by atoms with van der Waals surface area (Å²) in [6.45, 7) is 5.22. The molecule has 0 spiro atoms. The second kappa shape index (κ2) is 7.76. The molecular weight excluding hydrogens is 320 g/mol. The third-order valence-corrected chi connectivity index (χ3v) is 4.13. The highest BCUT2D eigenvalue weighted by atomic mass is 79.9. The first-order valence-corrected chi connectivity index (χ1v) is 7.72. The fourth-order valence-electron chi connectivity index (χ4n) is 2.33. The molecule has 2 rings (SSSR count). The molecular formula is C15H21BrN2O2. The molecule has 0 N–H and O–H groups in total. The van der Waals surface area contributed by atoms with Gasteiger partial charge in [0.05, 0.1) is 13.0 Å². The van der Waals surface area contributed by atoms with Gasteiger partial charge in [-0.3, -0.25) is 9.69 Å². The highest BCUT2D eigenvalue weighted by Gasteiger charge is 2.20. The Morgan fingerprint density at radius 3 is 2.45 bits per heavy atom. The number of halogens is 1. The van der Waals surface area contributed by atoms with Crippen LogP contribution in [0.15, 0.2) is 28.7 Å². The third kappa shape index (κ3) is 4.58. The van der Waals surface area contributed by atoms with Gasteiger partial charge in [-0.05, 0) is 17.7 Å². The van der Waals surface area contributed by atoms with Gasteiger partial charge in [0.2, 0.25) is 5.91 Å². The number of hydrogen-bond acceptors (Lipinski definition) is 3. The molecule has 20 heavy (non-hydrogen) atoms. The van der Waals surface area contributed by atoms with Crippen LogP contribution in [0.4, 0.5) is 0 Å². The van der Waals surface area contributed by atoms with E-state index in [0.29, 0.717) is 6.42 Å². The molecule has 0 bridgehead atoms. The van der Waals surface area contributed by atoms with Gasteiger partial charge in [0, 0.05) is 44.3 Å². The van der Waals surface area contributed by atoms with Gasteiger partial charge in [-0.1, -0.05) is 28.1 Å². The Morgan fingerprint density at radius 1 is 1.20 bits per heavy atom. The lowest BCUT2D eigenvalue weighted by molar-refractivity contribution is -0.132. The molecule has 1 aromatic carbocycles. The summed E-state index contributed by atoms with van der Waals surface area (Å²) in [5, 5.41) is 0. The van der Waals surface area contributed by atoms with Crippen LogP contribution in [0, 0.1) is 0 Å². The zero-order chi connectivity index (χ0) is 14.4. The number of benzene rings is 1. The van der Waals surface area contributed by atoms with Crippen LogP contribution in [0.5, 0.6) is 0 Å². The van der Waals surface area contributed by atoms with Gasteiger partial charge in [-0.25, -0.2) is 0 Å². The molecule has 1 aliphatic rings. The van der Waals surface area contributed by atoms with Crippen molar-refractivity contribution in [1.29, 1.82) is 0 Å². The van der Waals surface area contributed by atoms with E-state index in [-0.39, 0.29) is 5.91 Å². The minimum atomic E-state index is 0.221. The van der Waals surface area contributed by atoms with Crippen molar-refractivity contribution in [2.45, 2.75) is 6.42 Å². The molecule has 1 amide bonds. The quantitative estimate of drug-likeness (QED) is 0.819. The summed E-state index contributed by atoms with van der Waals surface area (Å²) in [5.41, 5.74) is 1.07. The number of ether oxygens (including phenoxy) is 1. The van der Waals surface area contributed by atoms with Crippen LogP contribution in [0.25, 0.3) is 0 Å². The summed E-state index contributed by atoms with van der Waals surface area (Å²) < 4.78 is 6.12. The number of nitrogens with zero attached hydrogens (tertiary/aromatic N) is 2. The number of rotatable bonds is 5. The Balaban J connectivity index is 1.78. The number of carbonyl (C=O) groups is 1. The van der Waals surface area contributed by atoms with Gasteiger partial charge in [-0.2, -0.15) is 0 Å². The molecule has 0 saturated carbocycles. The molecule has 0 radical (unpaired) electrons. The maximum atomic E-state index is 12.2. The number of hydrogen-bond donors (Lipinski definition) is 0. The minimum Gasteiger partial charge on any atom is -0.383 e. The van der Waals surface area contributed by atoms with Gasteiger partial charge in [0.25, 0.3) is 0 Å². The van der Waals surface area contributed by atoms with Crippen molar-refractivity contribution in [1.82, 2.24) is 9.80 Å². The van der Waals surface area contributed by atoms with Gasteiger partial charge in [-0.15, -0.1) is 0 Å². The largest absolute Gasteiger partial charge is 0.383 e. The average Bonchev–Trinajstić information content (AvgIpc) is 2.48. The fourth-order valence-corrected chi connectivity index (χ4v) is 2.59. The molecule has 110 valence electrons. The SMILES string of the molecule is COCCN1CCN(C(=O)Cc2ccc(Br)cc2)CC1. The fraction of sp³-hybridized carbons (Fsp3) is 0.533. The van der Waals surface area contributed by atoms with Crippen molar-refractivity contribution in [2.75, 3.05) is 46.4 Å². The van der Waals surface area contributed by atoms with Crippen LogP contribution in [-0.2, 0) is 16.0 Å². The van der Waals surface area contributed by atoms with Gasteiger partial charge >= 0.3 is 0 Å². The average molecular weight is 341 g/mol. The maximum Gasteiger partial charge on any atom is 0.227 e. The van der Waals surface area contributed by atoms with Crippen molar-refractivity contribution in [2.24, 2.45) is 0 Å². The molecule has 1 aliphatic heterocycles. The zero-order valence-electron chi connectivity index (χ0n) is 11.8. The molecule has 0 aliphatic carbocycles. The van der Waals surface area contributed by atoms with Crippen LogP contribution in [0.1, 0.15) is 5.56 Å². The summed E-state index contributed by atoms with van der Waals surface area (Å²) in [6, 6.07) is 7.95. The Labute approximate surface area is 128 Å². The normalized spacial score (nSPS) is 16.4. The first-order valence-electron chi connectivity index (χ1n) is 6.92. The molecule has 1 heterocycles. The van der Waals surface area contributed by atoms with Gasteiger partial charge in [0.1, 0.15) is 0 Å². The van der Waals surface area contributed by atoms with Crippen molar-refractivity contribution in [3.8, 4) is 0 Å². The second-order valence-electron chi connectivity index (χ2n) is 5.02. The van der Waals surface area contributed by atoms with Crippen LogP contribution >= 0.6 is 15.9 Å². The van der Waals surface area contributed by atoms with E-state index in [0.717, 1.165) is 49.4 Å². The summed E-state index contributed by atoms with van der Waals surface area (Å²) >= 11 is 3.40. The van der Waals surface area contributed by atoms with Crippen LogP contribution < -0.4 is 0 Å². The van der Waals surface area contributed by atoms with E-state index in [4.69, 9.17) is 4.74 Å². The van der Waals surface area contributed by atoms with Crippen LogP contribution in [0.3, 0.4) is 0 Å². The molecule has 0 atom stereocenters. The Hall–Kier alpha value is -0.910. The lowest BCUT2D eigenvalue weighted by atomic mass is 10.1. The predicted octanol–water partition coefficient (Wildman–Crippen LogP) is 1.78. The monoisotopic (exact) mass is 340 g/mol. The first kappa shape index (κ1) is 15.5. The summed E-state index contributed by atoms with van der Waals surface area (Å²) in [7, 11) is 1.72. The highest BCUT2D eigenvalue weighted by molar-refractivity contribution is 9.10. The zero-order valence-corrected chi connectivity index (χ0v) is 13.4. The molecule has 0 unspecified atom stereocenters. The van der Waals surface area contributed by atoms with E-state index in [1.807, 2.05) is 29.2 Å². The van der Waals surface area contributed by atoms with E-state index in [1.165, 1.54) is 0 Å². The minimum absolute atomic E-state index is 0.221. The molecule has 5 heteroatoms. The van der Waals surface area contributed by atoms with Crippen LogP contribution in [0.2, 0.25) is 0 Å². The van der Waals surface area contributed by atoms with E-state index in [1.54, 1.807) is 7.11 Å². The first-order chi connectivity index (χ1) is 9.69. The lowest BCUT2D eigenvalue weighted by Crippen LogP contribution is -2.49. The maximum absolute atomic E-state index is 12.2. The Morgan fingerprint density at radius 2 is 1.85 bits per heavy atom. The van der Waals surface area contributed by atoms with Crippen LogP contribution in [-0.4, -0.2) is 62.1 Å². The van der Waals surface area contributed by atoms with Gasteiger partial charge in [0.15, 0.2) is 0 Å². The molecule has 1 fully saturated rings. The summed E-state index contributed by atoms with van der Waals surface area (Å²) in [5.74, 6) is 0.221. The smallest absolute Gasteiger partial charge is 0.227 e. The number of carbonyl (C=O) groups excluding carboxylic acids is 1. The van der Waals surface area contributed by atoms with Crippen molar-refractivity contribution < 1.29 is 9.53 Å². The second-order valence-corrected chi connectivity index (χ2v) is 5.93. The van der Waals surface area contributed by atoms with Crippen molar-refractivity contribution in [3.05, 3.63) is 34.3 Å². The number of amides is 1. The Bertz CT molecular complexity index is 428. The van der Waals surface area contributed by atoms with E-state index >= 15 is 0 Å². The molecule has 4 nitrogen and oxygen atoms in total. The van der Waals surface area contributed by atoms with Gasteiger partial charge < -0.3 is 9.64 Å². The standard InChI is InChI=1S/C15H21BrN2O2/c1-20-11-10-17-6-8-18(9-7-17)15(19)12-13-2-4-14(16)5-3-13/h2-5H,6-12H2,1H3. The molecule has 0 aromatic heterocycles. The van der Waals surface area contributed by atoms with E-state index in [2.05, 4.69) is 20.8 Å². The Kier molecular flexibility index (Phi) is 6.01. The molecule has 1 aromatic rings. The van der Waals surface area contributed by atoms with Crippen molar-refractivity contribution in [3.63, 3.8) is 0 Å². The lowest BCUT2D eigenvalue weighted by Gasteiger charge is -2.34. The number of piperazine rings is 1. The third-order valence-electron chi connectivity index (χ3n) is 3.61. The summed E-state index contributed by atoms with van der Waals surface area (Å²) in [4.78, 5) is 16.5. The van der Waals surface area contributed by atoms with Crippen molar-refractivity contribution >= 4 is 21.8 Å². The summed E-state index contributed by atoms with van der Waals surface area (Å²) in [6.07, 6.45) is 0.491. The van der Waals surface area contributed by atoms with E-state index < -0.39 is 0 Å². The highest BCUT2D eigenvalue weighted by Crippen LogP contribution is 2.12.